The number of H-pyrrole nitrogens is 1. The number of nitrogens with zero attached hydrogens (tertiary/aromatic N) is 3. The lowest BCUT2D eigenvalue weighted by atomic mass is 9.97. The number of hydrogen-bond acceptors (Lipinski definition) is 6. The number of nitrogens with one attached hydrogen (secondary N) is 1. The predicted molar refractivity (Wildman–Crippen MR) is 115 cm³/mol. The van der Waals surface area contributed by atoms with E-state index < -0.39 is 0 Å². The molecule has 7 nitrogen and oxygen atoms in total. The number of ether oxygens (including phenoxy) is 2. The summed E-state index contributed by atoms with van der Waals surface area (Å²) < 4.78 is 11.2. The third kappa shape index (κ3) is 4.21. The predicted octanol–water partition coefficient (Wildman–Crippen LogP) is 3.58. The van der Waals surface area contributed by atoms with E-state index in [4.69, 9.17) is 14.5 Å². The van der Waals surface area contributed by atoms with Crippen LogP contribution in [0, 0.1) is 0 Å². The van der Waals surface area contributed by atoms with E-state index in [1.165, 1.54) is 0 Å². The van der Waals surface area contributed by atoms with Crippen LogP contribution in [0.2, 0.25) is 0 Å². The van der Waals surface area contributed by atoms with Crippen LogP contribution < -0.4 is 15.0 Å². The Hall–Kier alpha value is -3.19. The summed E-state index contributed by atoms with van der Waals surface area (Å²) in [6.45, 7) is 1.58. The van der Waals surface area contributed by atoms with Gasteiger partial charge in [-0.2, -0.15) is 0 Å². The molecule has 1 unspecified atom stereocenters. The Morgan fingerprint density at radius 2 is 1.93 bits per heavy atom. The molecule has 1 atom stereocenters. The molecule has 1 aromatic carbocycles. The van der Waals surface area contributed by atoms with Crippen LogP contribution in [0.5, 0.6) is 11.5 Å². The summed E-state index contributed by atoms with van der Waals surface area (Å²) in [4.78, 5) is 26.6. The number of likely N-dealkylation sites (tertiary alicyclic amines) is 1. The van der Waals surface area contributed by atoms with E-state index in [9.17, 15) is 4.79 Å². The summed E-state index contributed by atoms with van der Waals surface area (Å²) >= 11 is 0. The van der Waals surface area contributed by atoms with Crippen molar-refractivity contribution in [3.05, 3.63) is 70.4 Å². The van der Waals surface area contributed by atoms with E-state index in [-0.39, 0.29) is 11.6 Å². The number of methoxy groups -OCH3 is 2. The molecule has 7 heteroatoms. The van der Waals surface area contributed by atoms with Gasteiger partial charge in [0.1, 0.15) is 17.3 Å². The van der Waals surface area contributed by atoms with Crippen molar-refractivity contribution in [2.45, 2.75) is 31.8 Å². The molecule has 0 spiro atoms. The van der Waals surface area contributed by atoms with Gasteiger partial charge >= 0.3 is 0 Å². The maximum absolute atomic E-state index is 12.4. The average Bonchev–Trinajstić information content (AvgIpc) is 2.79. The minimum Gasteiger partial charge on any atom is -0.496 e. The minimum atomic E-state index is -0.153. The van der Waals surface area contributed by atoms with E-state index >= 15 is 0 Å². The van der Waals surface area contributed by atoms with Crippen LogP contribution in [0.1, 0.15) is 36.6 Å². The molecule has 0 saturated carbocycles. The molecule has 1 aliphatic heterocycles. The van der Waals surface area contributed by atoms with Crippen molar-refractivity contribution in [2.75, 3.05) is 20.8 Å². The molecule has 4 rings (SSSR count). The molecule has 1 saturated heterocycles. The van der Waals surface area contributed by atoms with Gasteiger partial charge in [-0.15, -0.1) is 0 Å². The highest BCUT2D eigenvalue weighted by molar-refractivity contribution is 5.52. The molecule has 1 fully saturated rings. The highest BCUT2D eigenvalue weighted by Crippen LogP contribution is 2.36. The fourth-order valence-electron chi connectivity index (χ4n) is 4.09. The van der Waals surface area contributed by atoms with Gasteiger partial charge in [-0.05, 0) is 43.7 Å². The molecular formula is C23H26N4O3. The van der Waals surface area contributed by atoms with E-state index in [1.807, 2.05) is 30.3 Å². The molecule has 0 bridgehead atoms. The first-order valence-electron chi connectivity index (χ1n) is 10.1. The summed E-state index contributed by atoms with van der Waals surface area (Å²) in [5.74, 6) is 2.15. The van der Waals surface area contributed by atoms with Crippen LogP contribution in [-0.2, 0) is 6.54 Å². The first-order valence-corrected chi connectivity index (χ1v) is 10.1. The van der Waals surface area contributed by atoms with Crippen molar-refractivity contribution in [3.63, 3.8) is 0 Å². The van der Waals surface area contributed by atoms with Gasteiger partial charge in [-0.3, -0.25) is 14.7 Å². The average molecular weight is 406 g/mol. The van der Waals surface area contributed by atoms with Crippen molar-refractivity contribution in [1.29, 1.82) is 0 Å². The molecule has 3 aromatic rings. The summed E-state index contributed by atoms with van der Waals surface area (Å²) in [7, 11) is 3.34. The van der Waals surface area contributed by atoms with Gasteiger partial charge in [-0.1, -0.05) is 12.5 Å². The van der Waals surface area contributed by atoms with Gasteiger partial charge in [0, 0.05) is 30.6 Å². The third-order valence-electron chi connectivity index (χ3n) is 5.54. The zero-order valence-electron chi connectivity index (χ0n) is 17.3. The van der Waals surface area contributed by atoms with E-state index in [0.29, 0.717) is 12.4 Å². The molecule has 30 heavy (non-hydrogen) atoms. The molecule has 1 N–H and O–H groups in total. The van der Waals surface area contributed by atoms with Crippen LogP contribution in [-0.4, -0.2) is 40.6 Å². The number of aromatic nitrogens is 3. The third-order valence-corrected chi connectivity index (χ3v) is 5.54. The normalized spacial score (nSPS) is 16.9. The fourth-order valence-corrected chi connectivity index (χ4v) is 4.09. The lowest BCUT2D eigenvalue weighted by Gasteiger charge is -2.36. The molecular weight excluding hydrogens is 380 g/mol. The molecule has 156 valence electrons. The summed E-state index contributed by atoms with van der Waals surface area (Å²) in [5, 5.41) is 0. The standard InChI is InChI=1S/C23H26N4O3/c1-29-20-9-5-10-21(30-2)17(20)15-27-12-4-3-8-19(27)18-13-22(28)26-23(25-18)16-7-6-11-24-14-16/h5-7,9-11,13-14,19H,3-4,8,12,15H2,1-2H3,(H,25,26,28). The summed E-state index contributed by atoms with van der Waals surface area (Å²) in [5.41, 5.74) is 2.43. The smallest absolute Gasteiger partial charge is 0.251 e. The van der Waals surface area contributed by atoms with Gasteiger partial charge in [0.2, 0.25) is 0 Å². The van der Waals surface area contributed by atoms with E-state index in [1.54, 1.807) is 32.7 Å². The van der Waals surface area contributed by atoms with Crippen LogP contribution >= 0.6 is 0 Å². The number of piperidine rings is 1. The zero-order chi connectivity index (χ0) is 20.9. The van der Waals surface area contributed by atoms with Crippen LogP contribution in [0.3, 0.4) is 0 Å². The van der Waals surface area contributed by atoms with Crippen molar-refractivity contribution in [2.24, 2.45) is 0 Å². The molecule has 3 heterocycles. The number of rotatable bonds is 6. The monoisotopic (exact) mass is 406 g/mol. The fraction of sp³-hybridized carbons (Fsp3) is 0.348. The second-order valence-corrected chi connectivity index (χ2v) is 7.38. The van der Waals surface area contributed by atoms with Crippen molar-refractivity contribution in [3.8, 4) is 22.9 Å². The number of benzene rings is 1. The van der Waals surface area contributed by atoms with E-state index in [2.05, 4.69) is 14.9 Å². The van der Waals surface area contributed by atoms with Gasteiger partial charge in [-0.25, -0.2) is 4.98 Å². The van der Waals surface area contributed by atoms with Gasteiger partial charge in [0.25, 0.3) is 5.56 Å². The molecule has 0 amide bonds. The maximum atomic E-state index is 12.4. The maximum Gasteiger partial charge on any atom is 0.251 e. The Balaban J connectivity index is 1.69. The quantitative estimate of drug-likeness (QED) is 0.674. The van der Waals surface area contributed by atoms with E-state index in [0.717, 1.165) is 54.1 Å². The van der Waals surface area contributed by atoms with Crippen molar-refractivity contribution in [1.82, 2.24) is 19.9 Å². The molecule has 0 aliphatic carbocycles. The lowest BCUT2D eigenvalue weighted by molar-refractivity contribution is 0.134. The Labute approximate surface area is 175 Å². The van der Waals surface area contributed by atoms with Crippen LogP contribution in [0.4, 0.5) is 0 Å². The Kier molecular flexibility index (Phi) is 6.09. The topological polar surface area (TPSA) is 80.3 Å². The first kappa shape index (κ1) is 20.1. The van der Waals surface area contributed by atoms with Crippen molar-refractivity contribution < 1.29 is 9.47 Å². The Morgan fingerprint density at radius 3 is 2.63 bits per heavy atom. The van der Waals surface area contributed by atoms with Gasteiger partial charge in [0.15, 0.2) is 0 Å². The van der Waals surface area contributed by atoms with Crippen LogP contribution in [0.15, 0.2) is 53.6 Å². The number of hydrogen-bond donors (Lipinski definition) is 1. The van der Waals surface area contributed by atoms with Gasteiger partial charge < -0.3 is 14.5 Å². The Bertz CT molecular complexity index is 1030. The second-order valence-electron chi connectivity index (χ2n) is 7.38. The lowest BCUT2D eigenvalue weighted by Crippen LogP contribution is -2.34. The summed E-state index contributed by atoms with van der Waals surface area (Å²) in [6, 6.07) is 11.2. The van der Waals surface area contributed by atoms with Crippen LogP contribution in [0.25, 0.3) is 11.4 Å². The largest absolute Gasteiger partial charge is 0.496 e. The molecule has 2 aromatic heterocycles. The van der Waals surface area contributed by atoms with Gasteiger partial charge in [0.05, 0.1) is 31.5 Å². The molecule has 1 aliphatic rings. The Morgan fingerprint density at radius 1 is 1.13 bits per heavy atom. The van der Waals surface area contributed by atoms with Crippen molar-refractivity contribution >= 4 is 0 Å². The molecule has 0 radical (unpaired) electrons. The SMILES string of the molecule is COc1cccc(OC)c1CN1CCCCC1c1cc(=O)[nH]c(-c2cccnc2)n1. The number of pyridine rings is 1. The summed E-state index contributed by atoms with van der Waals surface area (Å²) in [6.07, 6.45) is 6.56. The number of aromatic amines is 1. The highest BCUT2D eigenvalue weighted by Gasteiger charge is 2.28. The highest BCUT2D eigenvalue weighted by atomic mass is 16.5. The minimum absolute atomic E-state index is 0.0473. The second kappa shape index (κ2) is 9.09. The first-order chi connectivity index (χ1) is 14.7. The zero-order valence-corrected chi connectivity index (χ0v) is 17.3.